The third kappa shape index (κ3) is 3.26. The molecule has 0 aliphatic carbocycles. The van der Waals surface area contributed by atoms with Crippen molar-refractivity contribution in [3.63, 3.8) is 0 Å². The zero-order valence-corrected chi connectivity index (χ0v) is 13.8. The van der Waals surface area contributed by atoms with Gasteiger partial charge >= 0.3 is 0 Å². The summed E-state index contributed by atoms with van der Waals surface area (Å²) in [7, 11) is 0. The van der Waals surface area contributed by atoms with Crippen molar-refractivity contribution in [3.8, 4) is 0 Å². The molecule has 1 N–H and O–H groups in total. The lowest BCUT2D eigenvalue weighted by Crippen LogP contribution is -2.41. The van der Waals surface area contributed by atoms with Crippen molar-refractivity contribution in [1.82, 2.24) is 5.32 Å². The summed E-state index contributed by atoms with van der Waals surface area (Å²) in [6.45, 7) is 2.52. The van der Waals surface area contributed by atoms with Crippen LogP contribution in [0.15, 0.2) is 42.5 Å². The fraction of sp³-hybridized carbons (Fsp3) is 0.222. The number of halogens is 2. The highest BCUT2D eigenvalue weighted by molar-refractivity contribution is 6.31. The Bertz CT molecular complexity index is 792. The first-order chi connectivity index (χ1) is 11.5. The smallest absolute Gasteiger partial charge is 0.251 e. The average Bonchev–Trinajstić information content (AvgIpc) is 2.92. The first-order valence-electron chi connectivity index (χ1n) is 7.59. The first-order valence-corrected chi connectivity index (χ1v) is 7.97. The van der Waals surface area contributed by atoms with Crippen LogP contribution in [0.4, 0.5) is 10.1 Å². The summed E-state index contributed by atoms with van der Waals surface area (Å²) in [5, 5.41) is 2.57. The minimum absolute atomic E-state index is 0.123. The van der Waals surface area contributed by atoms with Crippen molar-refractivity contribution < 1.29 is 14.0 Å². The largest absolute Gasteiger partial charge is 0.340 e. The van der Waals surface area contributed by atoms with E-state index in [0.29, 0.717) is 13.0 Å². The Morgan fingerprint density at radius 2 is 1.96 bits per heavy atom. The molecule has 1 saturated heterocycles. The molecule has 4 nitrogen and oxygen atoms in total. The summed E-state index contributed by atoms with van der Waals surface area (Å²) >= 11 is 5.69. The van der Waals surface area contributed by atoms with Gasteiger partial charge in [0, 0.05) is 17.8 Å². The number of benzene rings is 2. The van der Waals surface area contributed by atoms with Gasteiger partial charge in [0.25, 0.3) is 5.91 Å². The molecule has 2 aromatic rings. The molecule has 3 rings (SSSR count). The standard InChI is InChI=1S/C18H16ClFN2O2/c1-11-2-5-13(6-3-11)22-9-8-16(18(22)24)21-17(23)12-4-7-15(20)14(19)10-12/h2-7,10,16H,8-9H2,1H3,(H,21,23)/t16-/m1/s1. The number of aryl methyl sites for hydroxylation is 1. The van der Waals surface area contributed by atoms with E-state index < -0.39 is 17.8 Å². The SMILES string of the molecule is Cc1ccc(N2CC[C@@H](NC(=O)c3ccc(F)c(Cl)c3)C2=O)cc1. The lowest BCUT2D eigenvalue weighted by Gasteiger charge is -2.17. The zero-order valence-electron chi connectivity index (χ0n) is 13.1. The van der Waals surface area contributed by atoms with Gasteiger partial charge in [0.05, 0.1) is 5.02 Å². The maximum Gasteiger partial charge on any atom is 0.251 e. The predicted octanol–water partition coefficient (Wildman–Crippen LogP) is 3.32. The van der Waals surface area contributed by atoms with Gasteiger partial charge in [0.15, 0.2) is 0 Å². The van der Waals surface area contributed by atoms with E-state index in [1.54, 1.807) is 4.90 Å². The van der Waals surface area contributed by atoms with Crippen LogP contribution in [-0.2, 0) is 4.79 Å². The molecule has 0 aromatic heterocycles. The number of carbonyl (C=O) groups excluding carboxylic acids is 2. The molecular weight excluding hydrogens is 331 g/mol. The highest BCUT2D eigenvalue weighted by Gasteiger charge is 2.33. The Labute approximate surface area is 144 Å². The van der Waals surface area contributed by atoms with E-state index in [4.69, 9.17) is 11.6 Å². The molecule has 1 fully saturated rings. The first kappa shape index (κ1) is 16.5. The summed E-state index contributed by atoms with van der Waals surface area (Å²) in [4.78, 5) is 26.4. The maximum absolute atomic E-state index is 13.2. The highest BCUT2D eigenvalue weighted by atomic mass is 35.5. The van der Waals surface area contributed by atoms with E-state index in [9.17, 15) is 14.0 Å². The molecule has 1 heterocycles. The molecule has 24 heavy (non-hydrogen) atoms. The van der Waals surface area contributed by atoms with Gasteiger partial charge in [-0.2, -0.15) is 0 Å². The Hall–Kier alpha value is -2.40. The molecular formula is C18H16ClFN2O2. The quantitative estimate of drug-likeness (QED) is 0.926. The summed E-state index contributed by atoms with van der Waals surface area (Å²) in [6.07, 6.45) is 0.521. The topological polar surface area (TPSA) is 49.4 Å². The number of anilines is 1. The molecule has 0 spiro atoms. The van der Waals surface area contributed by atoms with Crippen molar-refractivity contribution in [2.24, 2.45) is 0 Å². The van der Waals surface area contributed by atoms with Gasteiger partial charge in [-0.25, -0.2) is 4.39 Å². The molecule has 1 aliphatic rings. The molecule has 0 bridgehead atoms. The molecule has 0 saturated carbocycles. The zero-order chi connectivity index (χ0) is 17.3. The van der Waals surface area contributed by atoms with E-state index in [0.717, 1.165) is 17.3 Å². The van der Waals surface area contributed by atoms with Gasteiger partial charge in [-0.1, -0.05) is 29.3 Å². The van der Waals surface area contributed by atoms with Crippen LogP contribution < -0.4 is 10.2 Å². The Balaban J connectivity index is 1.70. The summed E-state index contributed by atoms with van der Waals surface area (Å²) in [5.41, 5.74) is 2.15. The van der Waals surface area contributed by atoms with Crippen LogP contribution >= 0.6 is 11.6 Å². The van der Waals surface area contributed by atoms with Crippen LogP contribution in [0.1, 0.15) is 22.3 Å². The summed E-state index contributed by atoms with van der Waals surface area (Å²) < 4.78 is 13.2. The molecule has 0 unspecified atom stereocenters. The van der Waals surface area contributed by atoms with Gasteiger partial charge in [-0.15, -0.1) is 0 Å². The predicted molar refractivity (Wildman–Crippen MR) is 90.8 cm³/mol. The van der Waals surface area contributed by atoms with Crippen molar-refractivity contribution in [3.05, 3.63) is 64.4 Å². The highest BCUT2D eigenvalue weighted by Crippen LogP contribution is 2.22. The second-order valence-electron chi connectivity index (χ2n) is 5.77. The third-order valence-electron chi connectivity index (χ3n) is 4.04. The number of hydrogen-bond acceptors (Lipinski definition) is 2. The van der Waals surface area contributed by atoms with Gasteiger partial charge in [-0.05, 0) is 43.7 Å². The van der Waals surface area contributed by atoms with Gasteiger partial charge < -0.3 is 10.2 Å². The second-order valence-corrected chi connectivity index (χ2v) is 6.18. The van der Waals surface area contributed by atoms with Crippen molar-refractivity contribution in [2.45, 2.75) is 19.4 Å². The monoisotopic (exact) mass is 346 g/mol. The fourth-order valence-corrected chi connectivity index (χ4v) is 2.85. The number of rotatable bonds is 3. The van der Waals surface area contributed by atoms with Gasteiger partial charge in [0.1, 0.15) is 11.9 Å². The maximum atomic E-state index is 13.2. The molecule has 2 aromatic carbocycles. The molecule has 6 heteroatoms. The minimum Gasteiger partial charge on any atom is -0.340 e. The van der Waals surface area contributed by atoms with Crippen molar-refractivity contribution >= 4 is 29.1 Å². The molecule has 1 aliphatic heterocycles. The molecule has 0 radical (unpaired) electrons. The average molecular weight is 347 g/mol. The van der Waals surface area contributed by atoms with Crippen molar-refractivity contribution in [2.75, 3.05) is 11.4 Å². The molecule has 2 amide bonds. The van der Waals surface area contributed by atoms with Crippen LogP contribution in [0.2, 0.25) is 5.02 Å². The Kier molecular flexibility index (Phi) is 4.53. The van der Waals surface area contributed by atoms with Crippen LogP contribution in [-0.4, -0.2) is 24.4 Å². The van der Waals surface area contributed by atoms with Crippen molar-refractivity contribution in [1.29, 1.82) is 0 Å². The molecule has 1 atom stereocenters. The van der Waals surface area contributed by atoms with Gasteiger partial charge in [-0.3, -0.25) is 9.59 Å². The minimum atomic E-state index is -0.595. The Morgan fingerprint density at radius 1 is 1.25 bits per heavy atom. The van der Waals surface area contributed by atoms with Crippen LogP contribution in [0.25, 0.3) is 0 Å². The lowest BCUT2D eigenvalue weighted by atomic mass is 10.1. The van der Waals surface area contributed by atoms with E-state index in [1.807, 2.05) is 31.2 Å². The number of hydrogen-bond donors (Lipinski definition) is 1. The second kappa shape index (κ2) is 6.61. The lowest BCUT2D eigenvalue weighted by molar-refractivity contribution is -0.118. The summed E-state index contributed by atoms with van der Waals surface area (Å²) in [5.74, 6) is -1.18. The number of nitrogens with zero attached hydrogens (tertiary/aromatic N) is 1. The van der Waals surface area contributed by atoms with Crippen LogP contribution in [0.3, 0.4) is 0 Å². The number of nitrogens with one attached hydrogen (secondary N) is 1. The third-order valence-corrected chi connectivity index (χ3v) is 4.33. The van der Waals surface area contributed by atoms with E-state index in [2.05, 4.69) is 5.32 Å². The molecule has 124 valence electrons. The van der Waals surface area contributed by atoms with E-state index in [-0.39, 0.29) is 16.5 Å². The van der Waals surface area contributed by atoms with Crippen LogP contribution in [0.5, 0.6) is 0 Å². The van der Waals surface area contributed by atoms with Crippen LogP contribution in [0, 0.1) is 12.7 Å². The Morgan fingerprint density at radius 3 is 2.62 bits per heavy atom. The fourth-order valence-electron chi connectivity index (χ4n) is 2.67. The number of amides is 2. The van der Waals surface area contributed by atoms with Gasteiger partial charge in [0.2, 0.25) is 5.91 Å². The summed E-state index contributed by atoms with van der Waals surface area (Å²) in [6, 6.07) is 10.8. The number of carbonyl (C=O) groups is 2. The van der Waals surface area contributed by atoms with E-state index >= 15 is 0 Å². The van der Waals surface area contributed by atoms with E-state index in [1.165, 1.54) is 12.1 Å². The normalized spacial score (nSPS) is 17.2.